The second kappa shape index (κ2) is 10.6. The lowest BCUT2D eigenvalue weighted by molar-refractivity contribution is -0.137. The lowest BCUT2D eigenvalue weighted by atomic mass is 10.1. The first-order valence-electron chi connectivity index (χ1n) is 6.73. The van der Waals surface area contributed by atoms with E-state index in [4.69, 9.17) is 9.84 Å². The number of amides is 2. The number of rotatable bonds is 10. The lowest BCUT2D eigenvalue weighted by Gasteiger charge is -2.12. The highest BCUT2D eigenvalue weighted by Gasteiger charge is 2.07. The zero-order chi connectivity index (χ0) is 14.7. The third kappa shape index (κ3) is 12.9. The molecule has 112 valence electrons. The van der Waals surface area contributed by atoms with Crippen molar-refractivity contribution in [3.8, 4) is 0 Å². The maximum absolute atomic E-state index is 11.4. The Morgan fingerprint density at radius 3 is 2.47 bits per heavy atom. The van der Waals surface area contributed by atoms with Crippen LogP contribution in [0, 0.1) is 11.8 Å². The molecule has 0 bridgehead atoms. The fourth-order valence-corrected chi connectivity index (χ4v) is 1.36. The molecule has 1 atom stereocenters. The predicted molar refractivity (Wildman–Crippen MR) is 73.1 cm³/mol. The van der Waals surface area contributed by atoms with Gasteiger partial charge in [0, 0.05) is 26.1 Å². The molecule has 6 heteroatoms. The smallest absolute Gasteiger partial charge is 0.314 e. The van der Waals surface area contributed by atoms with Crippen LogP contribution in [0.2, 0.25) is 0 Å². The molecule has 1 unspecified atom stereocenters. The molecule has 3 N–H and O–H groups in total. The van der Waals surface area contributed by atoms with Crippen molar-refractivity contribution in [3.63, 3.8) is 0 Å². The van der Waals surface area contributed by atoms with Gasteiger partial charge in [0.05, 0.1) is 6.61 Å². The number of carboxylic acids is 1. The van der Waals surface area contributed by atoms with Gasteiger partial charge in [-0.3, -0.25) is 4.79 Å². The quantitative estimate of drug-likeness (QED) is 0.526. The Hall–Kier alpha value is -1.30. The molecule has 0 heterocycles. The summed E-state index contributed by atoms with van der Waals surface area (Å²) in [5.41, 5.74) is 0. The van der Waals surface area contributed by atoms with Gasteiger partial charge in [-0.2, -0.15) is 0 Å². The van der Waals surface area contributed by atoms with E-state index < -0.39 is 5.97 Å². The molecule has 0 aliphatic carbocycles. The number of hydrogen-bond donors (Lipinski definition) is 3. The Bertz CT molecular complexity index is 269. The van der Waals surface area contributed by atoms with E-state index in [0.29, 0.717) is 38.6 Å². The monoisotopic (exact) mass is 274 g/mol. The van der Waals surface area contributed by atoms with Crippen LogP contribution in [0.25, 0.3) is 0 Å². The summed E-state index contributed by atoms with van der Waals surface area (Å²) >= 11 is 0. The molecule has 0 aliphatic heterocycles. The van der Waals surface area contributed by atoms with Gasteiger partial charge in [0.2, 0.25) is 0 Å². The predicted octanol–water partition coefficient (Wildman–Crippen LogP) is 1.46. The number of carbonyl (C=O) groups is 2. The van der Waals surface area contributed by atoms with Crippen molar-refractivity contribution in [2.75, 3.05) is 26.3 Å². The minimum Gasteiger partial charge on any atom is -0.481 e. The number of aliphatic carboxylic acids is 1. The van der Waals surface area contributed by atoms with Gasteiger partial charge in [-0.1, -0.05) is 20.8 Å². The van der Waals surface area contributed by atoms with Crippen LogP contribution in [0.4, 0.5) is 4.79 Å². The molecule has 0 aromatic heterocycles. The van der Waals surface area contributed by atoms with Crippen LogP contribution in [0.3, 0.4) is 0 Å². The van der Waals surface area contributed by atoms with Crippen LogP contribution in [0.1, 0.15) is 33.6 Å². The summed E-state index contributed by atoms with van der Waals surface area (Å²) in [4.78, 5) is 21.8. The highest BCUT2D eigenvalue weighted by atomic mass is 16.5. The largest absolute Gasteiger partial charge is 0.481 e. The standard InChI is InChI=1S/C13H26N2O4/c1-10(2)9-19-7-6-14-13(18)15-8-11(3)4-5-12(16)17/h10-11H,4-9H2,1-3H3,(H,16,17)(H2,14,15,18). The molecule has 19 heavy (non-hydrogen) atoms. The van der Waals surface area contributed by atoms with Crippen LogP contribution in [0.5, 0.6) is 0 Å². The van der Waals surface area contributed by atoms with Crippen LogP contribution in [-0.2, 0) is 9.53 Å². The van der Waals surface area contributed by atoms with Gasteiger partial charge >= 0.3 is 12.0 Å². The second-order valence-corrected chi connectivity index (χ2v) is 5.14. The van der Waals surface area contributed by atoms with E-state index in [1.807, 2.05) is 6.92 Å². The van der Waals surface area contributed by atoms with Crippen molar-refractivity contribution in [2.45, 2.75) is 33.6 Å². The molecule has 0 fully saturated rings. The summed E-state index contributed by atoms with van der Waals surface area (Å²) in [5.74, 6) is -0.165. The summed E-state index contributed by atoms with van der Waals surface area (Å²) in [7, 11) is 0. The number of hydrogen-bond acceptors (Lipinski definition) is 3. The fraction of sp³-hybridized carbons (Fsp3) is 0.846. The highest BCUT2D eigenvalue weighted by molar-refractivity contribution is 5.73. The Balaban J connectivity index is 3.45. The number of carboxylic acid groups (broad SMARTS) is 1. The van der Waals surface area contributed by atoms with Gasteiger partial charge in [0.1, 0.15) is 0 Å². The maximum atomic E-state index is 11.4. The summed E-state index contributed by atoms with van der Waals surface area (Å²) in [5, 5.41) is 13.9. The van der Waals surface area contributed by atoms with Gasteiger partial charge in [0.25, 0.3) is 0 Å². The fourth-order valence-electron chi connectivity index (χ4n) is 1.36. The van der Waals surface area contributed by atoms with Crippen LogP contribution >= 0.6 is 0 Å². The third-order valence-corrected chi connectivity index (χ3v) is 2.45. The van der Waals surface area contributed by atoms with E-state index in [-0.39, 0.29) is 18.4 Å². The molecule has 0 rings (SSSR count). The van der Waals surface area contributed by atoms with E-state index in [0.717, 1.165) is 0 Å². The summed E-state index contributed by atoms with van der Waals surface area (Å²) in [6.07, 6.45) is 0.695. The summed E-state index contributed by atoms with van der Waals surface area (Å²) in [6.45, 7) is 8.19. The molecule has 2 amide bonds. The van der Waals surface area contributed by atoms with Gasteiger partial charge in [-0.25, -0.2) is 4.79 Å². The molecule has 0 aromatic carbocycles. The molecule has 0 aliphatic rings. The zero-order valence-corrected chi connectivity index (χ0v) is 12.1. The molecular weight excluding hydrogens is 248 g/mol. The van der Waals surface area contributed by atoms with Gasteiger partial charge in [-0.15, -0.1) is 0 Å². The minimum absolute atomic E-state index is 0.132. The molecule has 0 saturated carbocycles. The van der Waals surface area contributed by atoms with E-state index >= 15 is 0 Å². The second-order valence-electron chi connectivity index (χ2n) is 5.14. The van der Waals surface area contributed by atoms with Gasteiger partial charge in [-0.05, 0) is 18.3 Å². The molecular formula is C13H26N2O4. The van der Waals surface area contributed by atoms with Crippen LogP contribution < -0.4 is 10.6 Å². The Morgan fingerprint density at radius 1 is 1.21 bits per heavy atom. The minimum atomic E-state index is -0.807. The topological polar surface area (TPSA) is 87.7 Å². The number of nitrogens with one attached hydrogen (secondary N) is 2. The zero-order valence-electron chi connectivity index (χ0n) is 12.1. The van der Waals surface area contributed by atoms with Crippen molar-refractivity contribution in [3.05, 3.63) is 0 Å². The summed E-state index contributed by atoms with van der Waals surface area (Å²) in [6, 6.07) is -0.240. The van der Waals surface area contributed by atoms with Crippen molar-refractivity contribution in [1.29, 1.82) is 0 Å². The average Bonchev–Trinajstić information content (AvgIpc) is 2.33. The van der Waals surface area contributed by atoms with Crippen LogP contribution in [-0.4, -0.2) is 43.4 Å². The Morgan fingerprint density at radius 2 is 1.89 bits per heavy atom. The molecule has 0 aromatic rings. The van der Waals surface area contributed by atoms with E-state index in [2.05, 4.69) is 24.5 Å². The van der Waals surface area contributed by atoms with Crippen molar-refractivity contribution in [1.82, 2.24) is 10.6 Å². The summed E-state index contributed by atoms with van der Waals surface area (Å²) < 4.78 is 5.33. The maximum Gasteiger partial charge on any atom is 0.314 e. The van der Waals surface area contributed by atoms with Crippen molar-refractivity contribution in [2.24, 2.45) is 11.8 Å². The molecule has 6 nitrogen and oxygen atoms in total. The number of urea groups is 1. The normalized spacial score (nSPS) is 12.2. The number of ether oxygens (including phenoxy) is 1. The van der Waals surface area contributed by atoms with E-state index in [9.17, 15) is 9.59 Å². The number of carbonyl (C=O) groups excluding carboxylic acids is 1. The lowest BCUT2D eigenvalue weighted by Crippen LogP contribution is -2.39. The van der Waals surface area contributed by atoms with Crippen LogP contribution in [0.15, 0.2) is 0 Å². The highest BCUT2D eigenvalue weighted by Crippen LogP contribution is 2.03. The molecule has 0 spiro atoms. The third-order valence-electron chi connectivity index (χ3n) is 2.45. The van der Waals surface area contributed by atoms with E-state index in [1.54, 1.807) is 0 Å². The van der Waals surface area contributed by atoms with Crippen molar-refractivity contribution >= 4 is 12.0 Å². The average molecular weight is 274 g/mol. The van der Waals surface area contributed by atoms with Gasteiger partial charge in [0.15, 0.2) is 0 Å². The SMILES string of the molecule is CC(C)COCCNC(=O)NCC(C)CCC(=O)O. The first-order chi connectivity index (χ1) is 8.91. The first kappa shape index (κ1) is 17.7. The van der Waals surface area contributed by atoms with Crippen molar-refractivity contribution < 1.29 is 19.4 Å². The first-order valence-corrected chi connectivity index (χ1v) is 6.73. The Kier molecular flexibility index (Phi) is 9.88. The Labute approximate surface area is 114 Å². The van der Waals surface area contributed by atoms with E-state index in [1.165, 1.54) is 0 Å². The molecule has 0 radical (unpaired) electrons. The molecule has 0 saturated heterocycles. The van der Waals surface area contributed by atoms with Gasteiger partial charge < -0.3 is 20.5 Å².